The van der Waals surface area contributed by atoms with Crippen molar-refractivity contribution in [3.05, 3.63) is 33.7 Å². The number of halogens is 1. The predicted octanol–water partition coefficient (Wildman–Crippen LogP) is 1.89. The molecule has 0 unspecified atom stereocenters. The van der Waals surface area contributed by atoms with E-state index in [1.54, 1.807) is 6.08 Å². The zero-order valence-corrected chi connectivity index (χ0v) is 9.13. The van der Waals surface area contributed by atoms with Crippen LogP contribution in [0.5, 0.6) is 0 Å². The van der Waals surface area contributed by atoms with Crippen LogP contribution in [0, 0.1) is 0 Å². The van der Waals surface area contributed by atoms with E-state index < -0.39 is 0 Å². The van der Waals surface area contributed by atoms with Gasteiger partial charge in [-0.1, -0.05) is 12.7 Å². The van der Waals surface area contributed by atoms with E-state index in [1.807, 2.05) is 13.0 Å². The molecule has 66 valence electrons. The quantitative estimate of drug-likeness (QED) is 0.357. The van der Waals surface area contributed by atoms with Crippen molar-refractivity contribution < 1.29 is 0 Å². The van der Waals surface area contributed by atoms with Crippen LogP contribution in [0.15, 0.2) is 38.8 Å². The third-order valence-electron chi connectivity index (χ3n) is 1.23. The van der Waals surface area contributed by atoms with Crippen molar-refractivity contribution in [1.29, 1.82) is 0 Å². The van der Waals surface area contributed by atoms with Gasteiger partial charge in [0.05, 0.1) is 0 Å². The number of hydrogen-bond donors (Lipinski definition) is 2. The molecule has 0 aliphatic rings. The maximum atomic E-state index is 5.61. The van der Waals surface area contributed by atoms with Crippen molar-refractivity contribution in [3.63, 3.8) is 0 Å². The fourth-order valence-corrected chi connectivity index (χ4v) is 1.07. The first-order chi connectivity index (χ1) is 5.63. The van der Waals surface area contributed by atoms with Crippen molar-refractivity contribution in [1.82, 2.24) is 5.43 Å². The highest BCUT2D eigenvalue weighted by molar-refractivity contribution is 14.1. The van der Waals surface area contributed by atoms with Crippen molar-refractivity contribution in [2.45, 2.75) is 6.92 Å². The number of nitrogens with zero attached hydrogens (tertiary/aromatic N) is 1. The zero-order valence-electron chi connectivity index (χ0n) is 6.97. The summed E-state index contributed by atoms with van der Waals surface area (Å²) in [5, 5.41) is 3.46. The molecular formula is C8H12IN3. The molecule has 0 fully saturated rings. The molecule has 0 aliphatic carbocycles. The van der Waals surface area contributed by atoms with E-state index >= 15 is 0 Å². The molecule has 12 heavy (non-hydrogen) atoms. The van der Waals surface area contributed by atoms with E-state index in [9.17, 15) is 0 Å². The Kier molecular flexibility index (Phi) is 5.44. The second kappa shape index (κ2) is 5.82. The van der Waals surface area contributed by atoms with Gasteiger partial charge in [-0.2, -0.15) is 5.10 Å². The summed E-state index contributed by atoms with van der Waals surface area (Å²) in [5.74, 6) is 0.507. The summed E-state index contributed by atoms with van der Waals surface area (Å²) < 4.78 is 1.02. The summed E-state index contributed by atoms with van der Waals surface area (Å²) in [7, 11) is 0. The largest absolute Gasteiger partial charge is 0.384 e. The predicted molar refractivity (Wildman–Crippen MR) is 61.9 cm³/mol. The number of hydrogen-bond acceptors (Lipinski definition) is 3. The van der Waals surface area contributed by atoms with E-state index in [0.29, 0.717) is 5.82 Å². The van der Waals surface area contributed by atoms with Gasteiger partial charge in [0.25, 0.3) is 0 Å². The lowest BCUT2D eigenvalue weighted by Crippen LogP contribution is -2.15. The monoisotopic (exact) mass is 277 g/mol. The molecule has 3 N–H and O–H groups in total. The Hall–Kier alpha value is -0.780. The summed E-state index contributed by atoms with van der Waals surface area (Å²) in [6.45, 7) is 8.76. The molecule has 0 aromatic heterocycles. The Morgan fingerprint density at radius 3 is 2.67 bits per heavy atom. The topological polar surface area (TPSA) is 50.4 Å². The number of nitrogens with two attached hydrogens (primary N) is 1. The standard InChI is InChI=1S/C8H12IN3/c1-4-5-7(9)6(2)8(10)12-11-3/h4-5,12H,1,3,10H2,2H3/b7-5+,8-6+. The van der Waals surface area contributed by atoms with Gasteiger partial charge in [0.15, 0.2) is 0 Å². The highest BCUT2D eigenvalue weighted by atomic mass is 127. The van der Waals surface area contributed by atoms with Gasteiger partial charge in [0.2, 0.25) is 0 Å². The Morgan fingerprint density at radius 2 is 2.25 bits per heavy atom. The minimum absolute atomic E-state index is 0.507. The smallest absolute Gasteiger partial charge is 0.121 e. The average molecular weight is 277 g/mol. The number of hydrazone groups is 1. The number of nitrogens with one attached hydrogen (secondary N) is 1. The van der Waals surface area contributed by atoms with Crippen LogP contribution in [0.2, 0.25) is 0 Å². The average Bonchev–Trinajstić information content (AvgIpc) is 2.04. The van der Waals surface area contributed by atoms with Crippen LogP contribution in [0.25, 0.3) is 0 Å². The third-order valence-corrected chi connectivity index (χ3v) is 2.39. The zero-order chi connectivity index (χ0) is 9.56. The van der Waals surface area contributed by atoms with E-state index in [1.165, 1.54) is 0 Å². The fraction of sp³-hybridized carbons (Fsp3) is 0.125. The molecule has 4 heteroatoms. The number of allylic oxidation sites excluding steroid dienone is 4. The van der Waals surface area contributed by atoms with Gasteiger partial charge < -0.3 is 5.73 Å². The fourth-order valence-electron chi connectivity index (χ4n) is 0.526. The van der Waals surface area contributed by atoms with Crippen LogP contribution in [-0.4, -0.2) is 6.72 Å². The molecule has 0 bridgehead atoms. The molecular weight excluding hydrogens is 265 g/mol. The maximum Gasteiger partial charge on any atom is 0.121 e. The Morgan fingerprint density at radius 1 is 1.67 bits per heavy atom. The highest BCUT2D eigenvalue weighted by Crippen LogP contribution is 2.17. The summed E-state index contributed by atoms with van der Waals surface area (Å²) in [5.41, 5.74) is 9.12. The first kappa shape index (κ1) is 11.2. The summed E-state index contributed by atoms with van der Waals surface area (Å²) in [6.07, 6.45) is 3.58. The van der Waals surface area contributed by atoms with Crippen LogP contribution in [0.3, 0.4) is 0 Å². The molecule has 0 aliphatic heterocycles. The molecule has 0 rings (SSSR count). The molecule has 0 saturated carbocycles. The van der Waals surface area contributed by atoms with Crippen molar-refractivity contribution in [2.24, 2.45) is 10.8 Å². The minimum Gasteiger partial charge on any atom is -0.384 e. The van der Waals surface area contributed by atoms with Crippen LogP contribution >= 0.6 is 22.6 Å². The Bertz CT molecular complexity index is 241. The summed E-state index contributed by atoms with van der Waals surface area (Å²) in [6, 6.07) is 0. The van der Waals surface area contributed by atoms with Crippen LogP contribution in [0.4, 0.5) is 0 Å². The van der Waals surface area contributed by atoms with Gasteiger partial charge in [0.1, 0.15) is 5.82 Å². The number of rotatable bonds is 4. The lowest BCUT2D eigenvalue weighted by molar-refractivity contribution is 0.865. The van der Waals surface area contributed by atoms with Gasteiger partial charge in [-0.05, 0) is 35.6 Å². The Balaban J connectivity index is 4.63. The van der Waals surface area contributed by atoms with Gasteiger partial charge in [-0.25, -0.2) is 0 Å². The molecule has 0 aromatic rings. The first-order valence-corrected chi connectivity index (χ1v) is 4.38. The van der Waals surface area contributed by atoms with Crippen molar-refractivity contribution in [2.75, 3.05) is 0 Å². The van der Waals surface area contributed by atoms with Crippen LogP contribution in [-0.2, 0) is 0 Å². The second-order valence-corrected chi connectivity index (χ2v) is 3.22. The normalized spacial score (nSPS) is 13.3. The van der Waals surface area contributed by atoms with Gasteiger partial charge >= 0.3 is 0 Å². The van der Waals surface area contributed by atoms with Crippen LogP contribution < -0.4 is 11.2 Å². The Labute approximate surface area is 86.2 Å². The van der Waals surface area contributed by atoms with Gasteiger partial charge in [-0.15, -0.1) is 0 Å². The van der Waals surface area contributed by atoms with Crippen molar-refractivity contribution in [3.8, 4) is 0 Å². The molecule has 0 heterocycles. The second-order valence-electron chi connectivity index (χ2n) is 2.06. The van der Waals surface area contributed by atoms with E-state index in [4.69, 9.17) is 5.73 Å². The maximum absolute atomic E-state index is 5.61. The van der Waals surface area contributed by atoms with Gasteiger partial charge in [0, 0.05) is 15.9 Å². The molecule has 3 nitrogen and oxygen atoms in total. The molecule has 0 radical (unpaired) electrons. The first-order valence-electron chi connectivity index (χ1n) is 3.30. The van der Waals surface area contributed by atoms with E-state index in [-0.39, 0.29) is 0 Å². The molecule has 0 aromatic carbocycles. The van der Waals surface area contributed by atoms with Gasteiger partial charge in [-0.3, -0.25) is 5.43 Å². The third kappa shape index (κ3) is 3.56. The lowest BCUT2D eigenvalue weighted by Gasteiger charge is -2.04. The molecule has 0 spiro atoms. The van der Waals surface area contributed by atoms with E-state index in [2.05, 4.69) is 46.4 Å². The molecule has 0 atom stereocenters. The van der Waals surface area contributed by atoms with Crippen LogP contribution in [0.1, 0.15) is 6.92 Å². The minimum atomic E-state index is 0.507. The van der Waals surface area contributed by atoms with E-state index in [0.717, 1.165) is 9.15 Å². The highest BCUT2D eigenvalue weighted by Gasteiger charge is 1.98. The summed E-state index contributed by atoms with van der Waals surface area (Å²) in [4.78, 5) is 0. The summed E-state index contributed by atoms with van der Waals surface area (Å²) >= 11 is 2.17. The molecule has 0 saturated heterocycles. The lowest BCUT2D eigenvalue weighted by atomic mass is 10.3. The van der Waals surface area contributed by atoms with Crippen molar-refractivity contribution >= 4 is 29.3 Å². The SMILES string of the molecule is C=C/C=C(I)\C(C)=C(/N)NN=C. The molecule has 0 amide bonds.